The van der Waals surface area contributed by atoms with Gasteiger partial charge in [-0.05, 0) is 67.8 Å². The molecule has 0 bridgehead atoms. The minimum Gasteiger partial charge on any atom is -0.316 e. The Hall–Kier alpha value is -0.620. The van der Waals surface area contributed by atoms with Gasteiger partial charge in [-0.25, -0.2) is 13.1 Å². The highest BCUT2D eigenvalue weighted by Gasteiger charge is 2.24. The molecule has 1 aromatic rings. The Morgan fingerprint density at radius 3 is 2.25 bits per heavy atom. The van der Waals surface area contributed by atoms with E-state index in [0.29, 0.717) is 17.4 Å². The molecule has 138 valence electrons. The largest absolute Gasteiger partial charge is 0.316 e. The average molecular weight is 375 g/mol. The van der Waals surface area contributed by atoms with Gasteiger partial charge < -0.3 is 5.32 Å². The number of hydrogen-bond donors (Lipinski definition) is 2. The van der Waals surface area contributed by atoms with Crippen LogP contribution in [0, 0.1) is 19.8 Å². The summed E-state index contributed by atoms with van der Waals surface area (Å²) < 4.78 is 28.3. The highest BCUT2D eigenvalue weighted by molar-refractivity contribution is 7.89. The molecule has 1 atom stereocenters. The van der Waals surface area contributed by atoms with Crippen molar-refractivity contribution in [2.75, 3.05) is 19.6 Å². The molecule has 1 aliphatic heterocycles. The van der Waals surface area contributed by atoms with Crippen LogP contribution in [0.5, 0.6) is 0 Å². The van der Waals surface area contributed by atoms with E-state index in [0.717, 1.165) is 37.1 Å². The number of nitrogens with one attached hydrogen (secondary N) is 2. The second-order valence-corrected chi connectivity index (χ2v) is 9.46. The van der Waals surface area contributed by atoms with Crippen molar-refractivity contribution < 1.29 is 8.42 Å². The molecule has 1 fully saturated rings. The third-order valence-electron chi connectivity index (χ3n) is 4.56. The zero-order valence-electron chi connectivity index (χ0n) is 15.4. The van der Waals surface area contributed by atoms with Gasteiger partial charge in [0.1, 0.15) is 0 Å². The van der Waals surface area contributed by atoms with E-state index >= 15 is 0 Å². The van der Waals surface area contributed by atoms with Gasteiger partial charge in [-0.1, -0.05) is 32.9 Å². The Bertz CT molecular complexity index is 637. The summed E-state index contributed by atoms with van der Waals surface area (Å²) in [7, 11) is -3.46. The van der Waals surface area contributed by atoms with Crippen molar-refractivity contribution in [3.8, 4) is 0 Å². The topological polar surface area (TPSA) is 58.2 Å². The van der Waals surface area contributed by atoms with E-state index in [1.165, 1.54) is 5.56 Å². The molecule has 1 aliphatic rings. The highest BCUT2D eigenvalue weighted by atomic mass is 35.5. The predicted octanol–water partition coefficient (Wildman–Crippen LogP) is 3.30. The van der Waals surface area contributed by atoms with Gasteiger partial charge in [0.25, 0.3) is 0 Å². The maximum atomic E-state index is 12.7. The van der Waals surface area contributed by atoms with Crippen LogP contribution in [-0.2, 0) is 15.4 Å². The Labute approximate surface area is 153 Å². The molecule has 0 amide bonds. The van der Waals surface area contributed by atoms with Crippen LogP contribution >= 0.6 is 12.4 Å². The molecule has 1 aromatic carbocycles. The third-order valence-corrected chi connectivity index (χ3v) is 6.28. The molecular formula is C18H31ClN2O2S. The quantitative estimate of drug-likeness (QED) is 0.850. The number of hydrogen-bond acceptors (Lipinski definition) is 3. The molecule has 0 radical (unpaired) electrons. The summed E-state index contributed by atoms with van der Waals surface area (Å²) in [6, 6.07) is 4.01. The van der Waals surface area contributed by atoms with Gasteiger partial charge in [0, 0.05) is 6.54 Å². The van der Waals surface area contributed by atoms with E-state index in [4.69, 9.17) is 0 Å². The van der Waals surface area contributed by atoms with Gasteiger partial charge in [0.15, 0.2) is 0 Å². The van der Waals surface area contributed by atoms with Crippen LogP contribution in [0.3, 0.4) is 0 Å². The van der Waals surface area contributed by atoms with Crippen molar-refractivity contribution in [3.05, 3.63) is 28.8 Å². The molecule has 2 rings (SSSR count). The summed E-state index contributed by atoms with van der Waals surface area (Å²) in [4.78, 5) is 0.439. The number of aryl methyl sites for hydroxylation is 2. The van der Waals surface area contributed by atoms with Gasteiger partial charge in [0.2, 0.25) is 10.0 Å². The molecule has 4 nitrogen and oxygen atoms in total. The van der Waals surface area contributed by atoms with Crippen molar-refractivity contribution in [1.29, 1.82) is 0 Å². The zero-order chi connectivity index (χ0) is 17.3. The number of sulfonamides is 1. The Morgan fingerprint density at radius 1 is 1.21 bits per heavy atom. The van der Waals surface area contributed by atoms with Crippen molar-refractivity contribution in [3.63, 3.8) is 0 Å². The second kappa shape index (κ2) is 8.17. The third kappa shape index (κ3) is 5.19. The van der Waals surface area contributed by atoms with Crippen LogP contribution in [0.1, 0.15) is 50.3 Å². The number of rotatable bonds is 4. The molecule has 1 heterocycles. The number of piperidine rings is 1. The van der Waals surface area contributed by atoms with Crippen LogP contribution in [0.2, 0.25) is 0 Å². The van der Waals surface area contributed by atoms with E-state index in [2.05, 4.69) is 30.8 Å². The molecule has 0 spiro atoms. The van der Waals surface area contributed by atoms with E-state index in [1.807, 2.05) is 26.0 Å². The van der Waals surface area contributed by atoms with Gasteiger partial charge in [-0.2, -0.15) is 0 Å². The number of benzene rings is 1. The van der Waals surface area contributed by atoms with E-state index in [-0.39, 0.29) is 17.8 Å². The van der Waals surface area contributed by atoms with E-state index in [9.17, 15) is 8.42 Å². The summed E-state index contributed by atoms with van der Waals surface area (Å²) in [6.07, 6.45) is 2.20. The summed E-state index contributed by atoms with van der Waals surface area (Å²) in [5.41, 5.74) is 2.83. The molecular weight excluding hydrogens is 344 g/mol. The van der Waals surface area contributed by atoms with Crippen LogP contribution in [0.15, 0.2) is 17.0 Å². The van der Waals surface area contributed by atoms with E-state index in [1.54, 1.807) is 0 Å². The summed E-state index contributed by atoms with van der Waals surface area (Å²) in [5.74, 6) is 0.382. The van der Waals surface area contributed by atoms with Gasteiger partial charge in [-0.3, -0.25) is 0 Å². The summed E-state index contributed by atoms with van der Waals surface area (Å²) in [6.45, 7) is 12.6. The lowest BCUT2D eigenvalue weighted by Gasteiger charge is -2.24. The lowest BCUT2D eigenvalue weighted by Crippen LogP contribution is -2.38. The average Bonchev–Trinajstić information content (AvgIpc) is 2.44. The van der Waals surface area contributed by atoms with Gasteiger partial charge in [-0.15, -0.1) is 12.4 Å². The van der Waals surface area contributed by atoms with Crippen LogP contribution in [-0.4, -0.2) is 28.1 Å². The SMILES string of the molecule is Cc1cc(C(C)(C)C)cc(C)c1S(=O)(=O)NCC1CCCNC1.Cl. The minimum atomic E-state index is -3.46. The molecule has 24 heavy (non-hydrogen) atoms. The Kier molecular flexibility index (Phi) is 7.29. The van der Waals surface area contributed by atoms with Crippen LogP contribution in [0.25, 0.3) is 0 Å². The molecule has 0 saturated carbocycles. The first-order valence-electron chi connectivity index (χ1n) is 8.43. The standard InChI is InChI=1S/C18H30N2O2S.ClH/c1-13-9-16(18(3,4)5)10-14(2)17(13)23(21,22)20-12-15-7-6-8-19-11-15;/h9-10,15,19-20H,6-8,11-12H2,1-5H3;1H. The first-order chi connectivity index (χ1) is 10.6. The maximum absolute atomic E-state index is 12.7. The molecule has 1 unspecified atom stereocenters. The lowest BCUT2D eigenvalue weighted by molar-refractivity contribution is 0.376. The van der Waals surface area contributed by atoms with Crippen molar-refractivity contribution in [2.24, 2.45) is 5.92 Å². The zero-order valence-corrected chi connectivity index (χ0v) is 17.0. The Morgan fingerprint density at radius 2 is 1.79 bits per heavy atom. The van der Waals surface area contributed by atoms with Crippen LogP contribution < -0.4 is 10.0 Å². The molecule has 6 heteroatoms. The summed E-state index contributed by atoms with van der Waals surface area (Å²) >= 11 is 0. The molecule has 2 N–H and O–H groups in total. The fourth-order valence-electron chi connectivity index (χ4n) is 3.21. The fourth-order valence-corrected chi connectivity index (χ4v) is 4.77. The highest BCUT2D eigenvalue weighted by Crippen LogP contribution is 2.29. The minimum absolute atomic E-state index is 0. The van der Waals surface area contributed by atoms with Crippen molar-refractivity contribution in [2.45, 2.75) is 57.8 Å². The van der Waals surface area contributed by atoms with Crippen molar-refractivity contribution >= 4 is 22.4 Å². The lowest BCUT2D eigenvalue weighted by atomic mass is 9.85. The van der Waals surface area contributed by atoms with Crippen molar-refractivity contribution in [1.82, 2.24) is 10.0 Å². The predicted molar refractivity (Wildman–Crippen MR) is 103 cm³/mol. The smallest absolute Gasteiger partial charge is 0.241 e. The Balaban J connectivity index is 0.00000288. The van der Waals surface area contributed by atoms with Gasteiger partial charge in [0.05, 0.1) is 4.90 Å². The monoisotopic (exact) mass is 374 g/mol. The number of halogens is 1. The molecule has 0 aliphatic carbocycles. The molecule has 0 aromatic heterocycles. The first-order valence-corrected chi connectivity index (χ1v) is 9.91. The molecule has 1 saturated heterocycles. The fraction of sp³-hybridized carbons (Fsp3) is 0.667. The summed E-state index contributed by atoms with van der Waals surface area (Å²) in [5, 5.41) is 3.32. The van der Waals surface area contributed by atoms with Gasteiger partial charge >= 0.3 is 0 Å². The van der Waals surface area contributed by atoms with E-state index < -0.39 is 10.0 Å². The maximum Gasteiger partial charge on any atom is 0.241 e. The normalized spacial score (nSPS) is 19.0. The first kappa shape index (κ1) is 21.4. The second-order valence-electron chi connectivity index (χ2n) is 7.75. The van der Waals surface area contributed by atoms with Crippen LogP contribution in [0.4, 0.5) is 0 Å².